The Labute approximate surface area is 201 Å². The second kappa shape index (κ2) is 10.7. The number of carbonyl (C=O) groups excluding carboxylic acids is 2. The zero-order valence-corrected chi connectivity index (χ0v) is 19.6. The van der Waals surface area contributed by atoms with Gasteiger partial charge in [0.15, 0.2) is 0 Å². The van der Waals surface area contributed by atoms with Gasteiger partial charge in [-0.05, 0) is 48.9 Å². The van der Waals surface area contributed by atoms with Crippen LogP contribution in [0.5, 0.6) is 5.75 Å². The molecule has 172 valence electrons. The van der Waals surface area contributed by atoms with Crippen LogP contribution in [0.3, 0.4) is 0 Å². The van der Waals surface area contributed by atoms with Crippen LogP contribution in [0, 0.1) is 6.92 Å². The van der Waals surface area contributed by atoms with E-state index < -0.39 is 6.04 Å². The minimum Gasteiger partial charge on any atom is -0.497 e. The van der Waals surface area contributed by atoms with Crippen LogP contribution in [0.4, 0.5) is 5.13 Å². The van der Waals surface area contributed by atoms with Gasteiger partial charge in [0.1, 0.15) is 16.8 Å². The van der Waals surface area contributed by atoms with Crippen molar-refractivity contribution in [3.05, 3.63) is 95.6 Å². The minimum absolute atomic E-state index is 0.313. The van der Waals surface area contributed by atoms with Gasteiger partial charge in [-0.1, -0.05) is 59.4 Å². The lowest BCUT2D eigenvalue weighted by Gasteiger charge is -2.18. The molecule has 0 aliphatic heterocycles. The van der Waals surface area contributed by atoms with Gasteiger partial charge in [-0.2, -0.15) is 0 Å². The maximum atomic E-state index is 13.2. The minimum atomic E-state index is -0.787. The van der Waals surface area contributed by atoms with Crippen molar-refractivity contribution in [1.82, 2.24) is 15.5 Å². The molecule has 4 rings (SSSR count). The van der Waals surface area contributed by atoms with Gasteiger partial charge in [0, 0.05) is 17.5 Å². The van der Waals surface area contributed by atoms with E-state index in [2.05, 4.69) is 20.8 Å². The largest absolute Gasteiger partial charge is 0.497 e. The molecule has 1 heterocycles. The van der Waals surface area contributed by atoms with Gasteiger partial charge in [-0.3, -0.25) is 14.9 Å². The Morgan fingerprint density at radius 2 is 1.65 bits per heavy atom. The number of aromatic nitrogens is 2. The van der Waals surface area contributed by atoms with Gasteiger partial charge < -0.3 is 10.1 Å². The zero-order chi connectivity index (χ0) is 23.9. The highest BCUT2D eigenvalue weighted by Crippen LogP contribution is 2.28. The molecule has 0 aliphatic rings. The van der Waals surface area contributed by atoms with Crippen molar-refractivity contribution in [2.75, 3.05) is 12.4 Å². The standard InChI is InChI=1S/C26H24N4O3S/c1-17-8-10-19(11-9-17)23(31)27-22(16-18-6-4-3-5-7-18)24(32)28-26-30-29-25(34-26)20-12-14-21(33-2)15-13-20/h3-15,22H,16H2,1-2H3,(H,27,31)(H,28,30,32). The third-order valence-electron chi connectivity index (χ3n) is 5.21. The molecule has 1 unspecified atom stereocenters. The van der Waals surface area contributed by atoms with E-state index in [1.54, 1.807) is 19.2 Å². The molecular weight excluding hydrogens is 448 g/mol. The summed E-state index contributed by atoms with van der Waals surface area (Å²) in [6.07, 6.45) is 0.342. The number of hydrogen-bond donors (Lipinski definition) is 2. The molecule has 0 saturated heterocycles. The summed E-state index contributed by atoms with van der Waals surface area (Å²) < 4.78 is 5.18. The van der Waals surface area contributed by atoms with Gasteiger partial charge in [-0.25, -0.2) is 0 Å². The summed E-state index contributed by atoms with van der Waals surface area (Å²) in [4.78, 5) is 26.0. The number of nitrogens with zero attached hydrogens (tertiary/aromatic N) is 2. The summed E-state index contributed by atoms with van der Waals surface area (Å²) in [5, 5.41) is 15.0. The Morgan fingerprint density at radius 1 is 0.941 bits per heavy atom. The summed E-state index contributed by atoms with van der Waals surface area (Å²) >= 11 is 1.26. The predicted molar refractivity (Wildman–Crippen MR) is 133 cm³/mol. The molecule has 2 N–H and O–H groups in total. The highest BCUT2D eigenvalue weighted by Gasteiger charge is 2.23. The maximum absolute atomic E-state index is 13.2. The molecule has 1 aromatic heterocycles. The van der Waals surface area contributed by atoms with Crippen molar-refractivity contribution in [3.63, 3.8) is 0 Å². The molecule has 0 fully saturated rings. The first-order valence-electron chi connectivity index (χ1n) is 10.7. The summed E-state index contributed by atoms with van der Waals surface area (Å²) in [5.41, 5.74) is 3.35. The Kier molecular flexibility index (Phi) is 7.29. The quantitative estimate of drug-likeness (QED) is 0.394. The van der Waals surface area contributed by atoms with Gasteiger partial charge >= 0.3 is 0 Å². The molecule has 3 aromatic carbocycles. The monoisotopic (exact) mass is 472 g/mol. The second-order valence-corrected chi connectivity index (χ2v) is 8.69. The number of rotatable bonds is 8. The molecule has 0 radical (unpaired) electrons. The molecule has 8 heteroatoms. The number of hydrogen-bond acceptors (Lipinski definition) is 6. The van der Waals surface area contributed by atoms with Crippen LogP contribution in [0.25, 0.3) is 10.6 Å². The first-order chi connectivity index (χ1) is 16.5. The van der Waals surface area contributed by atoms with Crippen LogP contribution >= 0.6 is 11.3 Å². The lowest BCUT2D eigenvalue weighted by atomic mass is 10.0. The van der Waals surface area contributed by atoms with E-state index in [1.807, 2.05) is 73.7 Å². The molecule has 1 atom stereocenters. The molecule has 7 nitrogen and oxygen atoms in total. The van der Waals surface area contributed by atoms with E-state index in [0.29, 0.717) is 22.1 Å². The van der Waals surface area contributed by atoms with Crippen LogP contribution < -0.4 is 15.4 Å². The predicted octanol–water partition coefficient (Wildman–Crippen LogP) is 4.50. The Balaban J connectivity index is 1.50. The molecule has 4 aromatic rings. The maximum Gasteiger partial charge on any atom is 0.251 e. The summed E-state index contributed by atoms with van der Waals surface area (Å²) in [6.45, 7) is 1.95. The second-order valence-electron chi connectivity index (χ2n) is 7.71. The number of benzene rings is 3. The van der Waals surface area contributed by atoms with Gasteiger partial charge in [0.2, 0.25) is 11.0 Å². The number of nitrogens with one attached hydrogen (secondary N) is 2. The molecule has 0 aliphatic carbocycles. The smallest absolute Gasteiger partial charge is 0.251 e. The third kappa shape index (κ3) is 5.85. The van der Waals surface area contributed by atoms with Gasteiger partial charge in [-0.15, -0.1) is 10.2 Å². The SMILES string of the molecule is COc1ccc(-c2nnc(NC(=O)C(Cc3ccccc3)NC(=O)c3ccc(C)cc3)s2)cc1. The summed E-state index contributed by atoms with van der Waals surface area (Å²) in [6, 6.07) is 23.4. The molecule has 2 amide bonds. The Bertz CT molecular complexity index is 1260. The van der Waals surface area contributed by atoms with E-state index in [4.69, 9.17) is 4.74 Å². The third-order valence-corrected chi connectivity index (χ3v) is 6.10. The number of anilines is 1. The Hall–Kier alpha value is -4.04. The van der Waals surface area contributed by atoms with E-state index in [0.717, 1.165) is 22.4 Å². The number of carbonyl (C=O) groups is 2. The highest BCUT2D eigenvalue weighted by atomic mass is 32.1. The lowest BCUT2D eigenvalue weighted by Crippen LogP contribution is -2.45. The molecule has 0 spiro atoms. The van der Waals surface area contributed by atoms with Crippen LogP contribution in [0.15, 0.2) is 78.9 Å². The van der Waals surface area contributed by atoms with Crippen molar-refractivity contribution in [2.24, 2.45) is 0 Å². The average molecular weight is 473 g/mol. The average Bonchev–Trinajstić information content (AvgIpc) is 3.33. The van der Waals surface area contributed by atoms with Crippen LogP contribution in [-0.4, -0.2) is 35.2 Å². The van der Waals surface area contributed by atoms with Crippen LogP contribution in [0.1, 0.15) is 21.5 Å². The number of aryl methyl sites for hydroxylation is 1. The van der Waals surface area contributed by atoms with E-state index in [-0.39, 0.29) is 11.8 Å². The fourth-order valence-corrected chi connectivity index (χ4v) is 4.07. The van der Waals surface area contributed by atoms with Crippen molar-refractivity contribution in [3.8, 4) is 16.3 Å². The van der Waals surface area contributed by atoms with Gasteiger partial charge in [0.25, 0.3) is 5.91 Å². The number of methoxy groups -OCH3 is 1. The molecule has 0 saturated carbocycles. The van der Waals surface area contributed by atoms with Crippen molar-refractivity contribution < 1.29 is 14.3 Å². The molecular formula is C26H24N4O3S. The highest BCUT2D eigenvalue weighted by molar-refractivity contribution is 7.18. The zero-order valence-electron chi connectivity index (χ0n) is 18.8. The summed E-state index contributed by atoms with van der Waals surface area (Å²) in [5.74, 6) is 0.0730. The number of amides is 2. The summed E-state index contributed by atoms with van der Waals surface area (Å²) in [7, 11) is 1.61. The first kappa shape index (κ1) is 23.1. The van der Waals surface area contributed by atoms with E-state index in [1.165, 1.54) is 11.3 Å². The molecule has 34 heavy (non-hydrogen) atoms. The van der Waals surface area contributed by atoms with E-state index >= 15 is 0 Å². The van der Waals surface area contributed by atoms with Crippen molar-refractivity contribution in [1.29, 1.82) is 0 Å². The van der Waals surface area contributed by atoms with Crippen LogP contribution in [0.2, 0.25) is 0 Å². The normalized spacial score (nSPS) is 11.5. The van der Waals surface area contributed by atoms with Gasteiger partial charge in [0.05, 0.1) is 7.11 Å². The van der Waals surface area contributed by atoms with Crippen molar-refractivity contribution in [2.45, 2.75) is 19.4 Å². The first-order valence-corrected chi connectivity index (χ1v) is 11.5. The van der Waals surface area contributed by atoms with E-state index in [9.17, 15) is 9.59 Å². The Morgan fingerprint density at radius 3 is 2.32 bits per heavy atom. The fraction of sp³-hybridized carbons (Fsp3) is 0.154. The van der Waals surface area contributed by atoms with Crippen molar-refractivity contribution >= 4 is 28.3 Å². The molecule has 0 bridgehead atoms. The topological polar surface area (TPSA) is 93.2 Å². The fourth-order valence-electron chi connectivity index (χ4n) is 3.32. The number of ether oxygens (including phenoxy) is 1. The van der Waals surface area contributed by atoms with Crippen LogP contribution in [-0.2, 0) is 11.2 Å². The lowest BCUT2D eigenvalue weighted by molar-refractivity contribution is -0.118.